The molecule has 0 radical (unpaired) electrons. The molecule has 0 saturated heterocycles. The van der Waals surface area contributed by atoms with E-state index in [9.17, 15) is 0 Å². The molecule has 122 valence electrons. The van der Waals surface area contributed by atoms with Gasteiger partial charge in [-0.25, -0.2) is 0 Å². The maximum atomic E-state index is 5.03. The molecule has 1 aromatic heterocycles. The van der Waals surface area contributed by atoms with Gasteiger partial charge in [-0.3, -0.25) is 4.99 Å². The van der Waals surface area contributed by atoms with Crippen molar-refractivity contribution in [1.29, 1.82) is 0 Å². The van der Waals surface area contributed by atoms with Gasteiger partial charge in [0.2, 0.25) is 0 Å². The molecule has 0 amide bonds. The molecule has 1 aliphatic rings. The molecule has 0 atom stereocenters. The summed E-state index contributed by atoms with van der Waals surface area (Å²) in [4.78, 5) is 9.12. The van der Waals surface area contributed by atoms with E-state index in [1.54, 1.807) is 0 Å². The van der Waals surface area contributed by atoms with Crippen LogP contribution in [-0.2, 0) is 11.9 Å². The second-order valence-electron chi connectivity index (χ2n) is 5.15. The van der Waals surface area contributed by atoms with Gasteiger partial charge in [-0.05, 0) is 23.6 Å². The molecule has 2 nitrogen and oxygen atoms in total. The van der Waals surface area contributed by atoms with Crippen LogP contribution in [0, 0.1) is 0 Å². The third kappa shape index (κ3) is 6.81. The molecule has 1 heterocycles. The van der Waals surface area contributed by atoms with E-state index in [1.165, 1.54) is 42.9 Å². The Morgan fingerprint density at radius 2 is 1.68 bits per heavy atom. The van der Waals surface area contributed by atoms with E-state index >= 15 is 0 Å². The molecule has 2 aromatic rings. The van der Waals surface area contributed by atoms with Gasteiger partial charge >= 0.3 is 49.6 Å². The minimum atomic E-state index is -3.28. The first-order valence-electron chi connectivity index (χ1n) is 7.09. The van der Waals surface area contributed by atoms with Gasteiger partial charge in [0.25, 0.3) is 0 Å². The number of halogens is 4. The zero-order valence-corrected chi connectivity index (χ0v) is 17.8. The average Bonchev–Trinajstić information content (AvgIpc) is 2.88. The monoisotopic (exact) mass is 549 g/mol. The predicted octanol–water partition coefficient (Wildman–Crippen LogP) is 6.30. The number of rotatable bonds is 2. The summed E-state index contributed by atoms with van der Waals surface area (Å²) in [5.74, 6) is 0. The minimum absolute atomic E-state index is 0.527. The van der Waals surface area contributed by atoms with Crippen LogP contribution in [0.15, 0.2) is 35.5 Å². The van der Waals surface area contributed by atoms with Gasteiger partial charge in [-0.15, -0.1) is 5.69 Å². The maximum absolute atomic E-state index is 5.03. The summed E-state index contributed by atoms with van der Waals surface area (Å²) < 4.78 is 0. The van der Waals surface area contributed by atoms with Gasteiger partial charge in [0.05, 0.1) is 0 Å². The summed E-state index contributed by atoms with van der Waals surface area (Å²) in [5, 5.41) is 2.42. The van der Waals surface area contributed by atoms with E-state index in [0.29, 0.717) is 6.04 Å². The third-order valence-electron chi connectivity index (χ3n) is 3.56. The molecule has 22 heavy (non-hydrogen) atoms. The van der Waals surface area contributed by atoms with Crippen molar-refractivity contribution in [2.75, 3.05) is 0 Å². The van der Waals surface area contributed by atoms with Crippen LogP contribution in [0.25, 0.3) is 10.8 Å². The van der Waals surface area contributed by atoms with Crippen molar-refractivity contribution in [3.63, 3.8) is 0 Å². The van der Waals surface area contributed by atoms with Gasteiger partial charge in [0.15, 0.2) is 0 Å². The fourth-order valence-corrected chi connectivity index (χ4v) is 2.56. The van der Waals surface area contributed by atoms with Gasteiger partial charge in [-0.2, -0.15) is 6.20 Å². The Kier molecular flexibility index (Phi) is 7.57. The quantitative estimate of drug-likeness (QED) is 0.403. The van der Waals surface area contributed by atoms with Crippen LogP contribution in [0.2, 0.25) is 0 Å². The second kappa shape index (κ2) is 8.94. The zero-order valence-electron chi connectivity index (χ0n) is 11.9. The van der Waals surface area contributed by atoms with Gasteiger partial charge in [0, 0.05) is 12.3 Å². The van der Waals surface area contributed by atoms with Gasteiger partial charge in [0.1, 0.15) is 0 Å². The molecule has 0 bridgehead atoms. The molecular formula is C15H17Cl4N2W-. The van der Waals surface area contributed by atoms with Crippen LogP contribution in [-0.4, -0.2) is 12.3 Å². The zero-order chi connectivity index (χ0) is 16.0. The van der Waals surface area contributed by atoms with Gasteiger partial charge in [-0.1, -0.05) is 43.5 Å². The molecule has 1 aromatic carbocycles. The summed E-state index contributed by atoms with van der Waals surface area (Å²) in [5.41, 5.74) is 1.02. The Balaban J connectivity index is 0.000000309. The van der Waals surface area contributed by atoms with E-state index in [1.807, 2.05) is 18.5 Å². The average molecular weight is 551 g/mol. The molecule has 0 N–H and O–H groups in total. The summed E-state index contributed by atoms with van der Waals surface area (Å²) in [7, 11) is 20.1. The summed E-state index contributed by atoms with van der Waals surface area (Å²) in [6.45, 7) is 0. The van der Waals surface area contributed by atoms with Crippen LogP contribution < -0.4 is 4.98 Å². The van der Waals surface area contributed by atoms with Crippen LogP contribution in [0.3, 0.4) is 0 Å². The van der Waals surface area contributed by atoms with Gasteiger partial charge < -0.3 is 4.98 Å². The number of hydrogen-bond acceptors (Lipinski definition) is 1. The Morgan fingerprint density at radius 3 is 2.36 bits per heavy atom. The van der Waals surface area contributed by atoms with Crippen molar-refractivity contribution < 1.29 is 11.9 Å². The fourth-order valence-electron chi connectivity index (χ4n) is 2.56. The van der Waals surface area contributed by atoms with E-state index in [0.717, 1.165) is 5.69 Å². The normalized spacial score (nSPS) is 17.5. The molecule has 1 aliphatic carbocycles. The van der Waals surface area contributed by atoms with E-state index in [-0.39, 0.29) is 0 Å². The van der Waals surface area contributed by atoms with Crippen molar-refractivity contribution in [2.45, 2.75) is 38.1 Å². The summed E-state index contributed by atoms with van der Waals surface area (Å²) in [6.07, 6.45) is 10.4. The number of hydrogen-bond donors (Lipinski definition) is 0. The first-order valence-corrected chi connectivity index (χ1v) is 21.6. The van der Waals surface area contributed by atoms with Crippen molar-refractivity contribution in [2.24, 2.45) is 4.99 Å². The van der Waals surface area contributed by atoms with E-state index in [4.69, 9.17) is 37.7 Å². The van der Waals surface area contributed by atoms with Crippen molar-refractivity contribution in [3.05, 3.63) is 36.2 Å². The summed E-state index contributed by atoms with van der Waals surface area (Å²) in [6, 6.07) is 8.85. The Bertz CT molecular complexity index is 609. The standard InChI is InChI=1S/C15H17N2.4ClH.W/c1-2-7-13(8-3-1)16-11-15-14-9-5-4-6-12(14)10-17-15;;;;;/h4-6,9-11,13H,1-3,7-8H2;4*1H;/q-1;;;;;+4/p-4. The Hall–Kier alpha value is 0.278. The van der Waals surface area contributed by atoms with Crippen molar-refractivity contribution >= 4 is 54.7 Å². The van der Waals surface area contributed by atoms with Crippen LogP contribution in [0.4, 0.5) is 0 Å². The molecule has 0 unspecified atom stereocenters. The first-order chi connectivity index (χ1) is 10.4. The predicted molar refractivity (Wildman–Crippen MR) is 95.1 cm³/mol. The molecule has 7 heteroatoms. The number of fused-ring (bicyclic) bond motifs is 1. The Morgan fingerprint density at radius 1 is 1.05 bits per heavy atom. The van der Waals surface area contributed by atoms with Crippen LogP contribution in [0.1, 0.15) is 37.8 Å². The first kappa shape index (κ1) is 18.6. The number of benzene rings is 1. The number of aliphatic imine (C=N–C) groups is 1. The number of aromatic nitrogens is 1. The van der Waals surface area contributed by atoms with E-state index in [2.05, 4.69) is 28.2 Å². The van der Waals surface area contributed by atoms with E-state index < -0.39 is 11.9 Å². The number of nitrogens with zero attached hydrogens (tertiary/aromatic N) is 2. The topological polar surface area (TPSA) is 26.5 Å². The molecule has 0 spiro atoms. The SMILES string of the molecule is C(=NC1CCCCC1)c1[n-]cc2ccccc12.[Cl][W]([Cl])([Cl])[Cl]. The summed E-state index contributed by atoms with van der Waals surface area (Å²) >= 11 is -3.28. The second-order valence-corrected chi connectivity index (χ2v) is 30.6. The molecule has 3 rings (SSSR count). The van der Waals surface area contributed by atoms with Crippen molar-refractivity contribution in [1.82, 2.24) is 4.98 Å². The van der Waals surface area contributed by atoms with Crippen LogP contribution >= 0.6 is 37.7 Å². The fraction of sp³-hybridized carbons (Fsp3) is 0.400. The Labute approximate surface area is 150 Å². The molecular weight excluding hydrogens is 534 g/mol. The van der Waals surface area contributed by atoms with Crippen LogP contribution in [0.5, 0.6) is 0 Å². The molecule has 1 saturated carbocycles. The molecule has 0 aliphatic heterocycles. The molecule has 1 fully saturated rings. The third-order valence-corrected chi connectivity index (χ3v) is 3.56. The van der Waals surface area contributed by atoms with Crippen molar-refractivity contribution in [3.8, 4) is 0 Å².